The van der Waals surface area contributed by atoms with E-state index in [4.69, 9.17) is 9.47 Å². The van der Waals surface area contributed by atoms with Gasteiger partial charge in [-0.15, -0.1) is 0 Å². The van der Waals surface area contributed by atoms with Gasteiger partial charge in [-0.2, -0.15) is 0 Å². The molecular weight excluding hydrogens is 346 g/mol. The molecule has 1 N–H and O–H groups in total. The van der Waals surface area contributed by atoms with Crippen LogP contribution in [0.25, 0.3) is 0 Å². The van der Waals surface area contributed by atoms with Crippen molar-refractivity contribution >= 4 is 15.9 Å². The minimum atomic E-state index is -3.91. The molecule has 0 unspecified atom stereocenters. The van der Waals surface area contributed by atoms with Crippen molar-refractivity contribution < 1.29 is 31.5 Å². The number of ether oxygens (including phenoxy) is 2. The van der Waals surface area contributed by atoms with Crippen molar-refractivity contribution in [3.05, 3.63) is 47.8 Å². The molecule has 1 aromatic heterocycles. The third-order valence-electron chi connectivity index (χ3n) is 2.73. The maximum absolute atomic E-state index is 14.1. The van der Waals surface area contributed by atoms with Gasteiger partial charge in [0.25, 0.3) is 5.91 Å². The minimum absolute atomic E-state index is 0.0339. The van der Waals surface area contributed by atoms with Gasteiger partial charge in [0.1, 0.15) is 5.82 Å². The Bertz CT molecular complexity index is 887. The molecule has 0 fully saturated rings. The van der Waals surface area contributed by atoms with E-state index >= 15 is 0 Å². The highest BCUT2D eigenvalue weighted by atomic mass is 32.2. The van der Waals surface area contributed by atoms with E-state index in [2.05, 4.69) is 4.98 Å². The molecule has 2 aromatic rings. The Morgan fingerprint density at radius 1 is 1.17 bits per heavy atom. The summed E-state index contributed by atoms with van der Waals surface area (Å²) in [5.41, 5.74) is -0.775. The lowest BCUT2D eigenvalue weighted by atomic mass is 10.2. The molecule has 2 rings (SSSR count). The fourth-order valence-electron chi connectivity index (χ4n) is 1.74. The monoisotopic (exact) mass is 358 g/mol. The van der Waals surface area contributed by atoms with Crippen LogP contribution < -0.4 is 14.2 Å². The number of pyridine rings is 1. The van der Waals surface area contributed by atoms with Gasteiger partial charge in [-0.3, -0.25) is 9.78 Å². The SMILES string of the molecule is COc1ccncc1Oc1cc(F)c(C(=O)NS(C)(=O)=O)cc1F. The molecule has 1 aromatic carbocycles. The Balaban J connectivity index is 2.35. The van der Waals surface area contributed by atoms with E-state index in [9.17, 15) is 22.0 Å². The first kappa shape index (κ1) is 17.6. The van der Waals surface area contributed by atoms with Gasteiger partial charge in [-0.25, -0.2) is 21.9 Å². The average molecular weight is 358 g/mol. The smallest absolute Gasteiger partial charge is 0.267 e. The van der Waals surface area contributed by atoms with Crippen LogP contribution in [0.1, 0.15) is 10.4 Å². The number of nitrogens with zero attached hydrogens (tertiary/aromatic N) is 1. The highest BCUT2D eigenvalue weighted by molar-refractivity contribution is 7.89. The minimum Gasteiger partial charge on any atom is -0.493 e. The lowest BCUT2D eigenvalue weighted by Crippen LogP contribution is -2.30. The van der Waals surface area contributed by atoms with Crippen molar-refractivity contribution in [2.45, 2.75) is 0 Å². The topological polar surface area (TPSA) is 94.6 Å². The van der Waals surface area contributed by atoms with E-state index in [1.165, 1.54) is 25.6 Å². The summed E-state index contributed by atoms with van der Waals surface area (Å²) in [6, 6.07) is 2.62. The number of carbonyl (C=O) groups excluding carboxylic acids is 1. The number of halogens is 2. The Morgan fingerprint density at radius 2 is 1.88 bits per heavy atom. The molecule has 0 spiro atoms. The predicted octanol–water partition coefficient (Wildman–Crippen LogP) is 1.85. The number of carbonyl (C=O) groups is 1. The third kappa shape index (κ3) is 4.16. The molecule has 128 valence electrons. The summed E-state index contributed by atoms with van der Waals surface area (Å²) < 4.78 is 61.8. The largest absolute Gasteiger partial charge is 0.493 e. The normalized spacial score (nSPS) is 11.0. The number of rotatable bonds is 5. The van der Waals surface area contributed by atoms with Crippen molar-refractivity contribution in [2.75, 3.05) is 13.4 Å². The molecule has 0 aliphatic carbocycles. The first-order chi connectivity index (χ1) is 11.2. The van der Waals surface area contributed by atoms with Crippen LogP contribution in [0.15, 0.2) is 30.6 Å². The highest BCUT2D eigenvalue weighted by Crippen LogP contribution is 2.32. The summed E-state index contributed by atoms with van der Waals surface area (Å²) in [7, 11) is -2.55. The van der Waals surface area contributed by atoms with Crippen LogP contribution in [0, 0.1) is 11.6 Å². The van der Waals surface area contributed by atoms with Gasteiger partial charge in [-0.05, 0) is 6.07 Å². The molecule has 0 bridgehead atoms. The van der Waals surface area contributed by atoms with Gasteiger partial charge in [-0.1, -0.05) is 0 Å². The summed E-state index contributed by atoms with van der Waals surface area (Å²) in [5.74, 6) is -3.76. The first-order valence-corrected chi connectivity index (χ1v) is 8.27. The van der Waals surface area contributed by atoms with E-state index in [0.717, 1.165) is 0 Å². The van der Waals surface area contributed by atoms with E-state index in [1.54, 1.807) is 4.72 Å². The highest BCUT2D eigenvalue weighted by Gasteiger charge is 2.20. The summed E-state index contributed by atoms with van der Waals surface area (Å²) in [4.78, 5) is 15.4. The van der Waals surface area contributed by atoms with Crippen LogP contribution in [0.5, 0.6) is 17.2 Å². The second-order valence-electron chi connectivity index (χ2n) is 4.59. The predicted molar refractivity (Wildman–Crippen MR) is 79.5 cm³/mol. The Labute approximate surface area is 136 Å². The molecule has 0 atom stereocenters. The van der Waals surface area contributed by atoms with E-state index in [-0.39, 0.29) is 11.5 Å². The maximum Gasteiger partial charge on any atom is 0.267 e. The lowest BCUT2D eigenvalue weighted by molar-refractivity contribution is 0.0977. The Kier molecular flexibility index (Phi) is 4.98. The van der Waals surface area contributed by atoms with Crippen molar-refractivity contribution in [1.29, 1.82) is 0 Å². The second-order valence-corrected chi connectivity index (χ2v) is 6.34. The standard InChI is InChI=1S/C14H12F2N2O5S/c1-22-11-3-4-17-7-13(11)23-12-6-9(15)8(5-10(12)16)14(19)18-24(2,20)21/h3-7H,1-2H3,(H,18,19). The summed E-state index contributed by atoms with van der Waals surface area (Å²) >= 11 is 0. The molecule has 1 amide bonds. The molecule has 7 nitrogen and oxygen atoms in total. The van der Waals surface area contributed by atoms with Crippen LogP contribution in [-0.2, 0) is 10.0 Å². The van der Waals surface area contributed by atoms with Gasteiger partial charge in [0.15, 0.2) is 23.1 Å². The van der Waals surface area contributed by atoms with Crippen LogP contribution >= 0.6 is 0 Å². The van der Waals surface area contributed by atoms with E-state index in [1.807, 2.05) is 0 Å². The molecule has 24 heavy (non-hydrogen) atoms. The number of methoxy groups -OCH3 is 1. The van der Waals surface area contributed by atoms with Crippen LogP contribution in [0.3, 0.4) is 0 Å². The fraction of sp³-hybridized carbons (Fsp3) is 0.143. The number of benzene rings is 1. The number of hydrogen-bond donors (Lipinski definition) is 1. The van der Waals surface area contributed by atoms with Gasteiger partial charge in [0.2, 0.25) is 10.0 Å². The average Bonchev–Trinajstić information content (AvgIpc) is 2.49. The second kappa shape index (κ2) is 6.79. The molecule has 0 saturated carbocycles. The van der Waals surface area contributed by atoms with Crippen molar-refractivity contribution in [3.63, 3.8) is 0 Å². The van der Waals surface area contributed by atoms with Gasteiger partial charge in [0, 0.05) is 18.3 Å². The van der Waals surface area contributed by atoms with Gasteiger partial charge < -0.3 is 9.47 Å². The quantitative estimate of drug-likeness (QED) is 0.877. The summed E-state index contributed by atoms with van der Waals surface area (Å²) in [6.45, 7) is 0. The van der Waals surface area contributed by atoms with Crippen LogP contribution in [-0.4, -0.2) is 32.7 Å². The molecular formula is C14H12F2N2O5S. The van der Waals surface area contributed by atoms with Crippen molar-refractivity contribution in [1.82, 2.24) is 9.71 Å². The zero-order valence-electron chi connectivity index (χ0n) is 12.5. The molecule has 10 heteroatoms. The van der Waals surface area contributed by atoms with Gasteiger partial charge >= 0.3 is 0 Å². The number of hydrogen-bond acceptors (Lipinski definition) is 6. The fourth-order valence-corrected chi connectivity index (χ4v) is 2.18. The van der Waals surface area contributed by atoms with Crippen LogP contribution in [0.4, 0.5) is 8.78 Å². The number of amides is 1. The zero-order valence-corrected chi connectivity index (χ0v) is 13.4. The Morgan fingerprint density at radius 3 is 2.50 bits per heavy atom. The molecule has 0 radical (unpaired) electrons. The van der Waals surface area contributed by atoms with E-state index < -0.39 is 38.9 Å². The summed E-state index contributed by atoms with van der Waals surface area (Å²) in [6.07, 6.45) is 3.37. The number of nitrogens with one attached hydrogen (secondary N) is 1. The molecule has 0 aliphatic heterocycles. The molecule has 1 heterocycles. The lowest BCUT2D eigenvalue weighted by Gasteiger charge is -2.11. The first-order valence-electron chi connectivity index (χ1n) is 6.38. The Hall–Kier alpha value is -2.75. The van der Waals surface area contributed by atoms with Crippen LogP contribution in [0.2, 0.25) is 0 Å². The van der Waals surface area contributed by atoms with Crippen molar-refractivity contribution in [3.8, 4) is 17.2 Å². The van der Waals surface area contributed by atoms with Gasteiger partial charge in [0.05, 0.1) is 25.1 Å². The number of sulfonamides is 1. The van der Waals surface area contributed by atoms with Crippen molar-refractivity contribution in [2.24, 2.45) is 0 Å². The molecule has 0 saturated heterocycles. The molecule has 0 aliphatic rings. The summed E-state index contributed by atoms with van der Waals surface area (Å²) in [5, 5.41) is 0. The maximum atomic E-state index is 14.1. The zero-order chi connectivity index (χ0) is 17.9. The van der Waals surface area contributed by atoms with E-state index in [0.29, 0.717) is 18.4 Å². The number of aromatic nitrogens is 1. The third-order valence-corrected chi connectivity index (χ3v) is 3.29.